The standard InChI is InChI=1S/C22H21NO6S/c1-13-19(29-12-18(24)25)21(22(26)27)30-20(13)15-4-3-5-16(10-15)23-11-14-6-8-17(28-2)9-7-14/h3-10,23H,11-12H2,1-2H3,(H,24,25)(H,26,27). The summed E-state index contributed by atoms with van der Waals surface area (Å²) >= 11 is 1.07. The second-order valence-electron chi connectivity index (χ2n) is 6.48. The number of nitrogens with one attached hydrogen (secondary N) is 1. The zero-order valence-corrected chi connectivity index (χ0v) is 17.3. The van der Waals surface area contributed by atoms with Crippen LogP contribution in [0.25, 0.3) is 10.4 Å². The lowest BCUT2D eigenvalue weighted by Crippen LogP contribution is -2.11. The van der Waals surface area contributed by atoms with Crippen molar-refractivity contribution in [2.75, 3.05) is 19.0 Å². The van der Waals surface area contributed by atoms with Crippen molar-refractivity contribution in [1.82, 2.24) is 0 Å². The highest BCUT2D eigenvalue weighted by molar-refractivity contribution is 7.18. The van der Waals surface area contributed by atoms with Crippen molar-refractivity contribution < 1.29 is 29.3 Å². The van der Waals surface area contributed by atoms with Crippen LogP contribution in [0.3, 0.4) is 0 Å². The Balaban J connectivity index is 1.83. The van der Waals surface area contributed by atoms with Crippen LogP contribution in [0, 0.1) is 6.92 Å². The number of aliphatic carboxylic acids is 1. The number of thiophene rings is 1. The van der Waals surface area contributed by atoms with E-state index in [1.165, 1.54) is 0 Å². The molecule has 0 aliphatic heterocycles. The Morgan fingerprint density at radius 1 is 1.10 bits per heavy atom. The fourth-order valence-electron chi connectivity index (χ4n) is 2.94. The predicted molar refractivity (Wildman–Crippen MR) is 115 cm³/mol. The summed E-state index contributed by atoms with van der Waals surface area (Å²) < 4.78 is 10.4. The van der Waals surface area contributed by atoms with E-state index in [0.717, 1.165) is 38.8 Å². The summed E-state index contributed by atoms with van der Waals surface area (Å²) in [5, 5.41) is 21.7. The molecule has 0 amide bonds. The Kier molecular flexibility index (Phi) is 6.58. The molecule has 0 fully saturated rings. The van der Waals surface area contributed by atoms with Crippen molar-refractivity contribution in [3.63, 3.8) is 0 Å². The number of rotatable bonds is 9. The monoisotopic (exact) mass is 427 g/mol. The van der Waals surface area contributed by atoms with Crippen LogP contribution in [0.1, 0.15) is 20.8 Å². The molecular weight excluding hydrogens is 406 g/mol. The average molecular weight is 427 g/mol. The maximum absolute atomic E-state index is 11.6. The summed E-state index contributed by atoms with van der Waals surface area (Å²) in [6.45, 7) is 1.75. The molecule has 8 heteroatoms. The van der Waals surface area contributed by atoms with Crippen molar-refractivity contribution in [2.45, 2.75) is 13.5 Å². The third kappa shape index (κ3) is 4.90. The number of methoxy groups -OCH3 is 1. The molecule has 3 aromatic rings. The Morgan fingerprint density at radius 2 is 1.83 bits per heavy atom. The maximum atomic E-state index is 11.6. The van der Waals surface area contributed by atoms with Crippen molar-refractivity contribution in [3.05, 3.63) is 64.5 Å². The van der Waals surface area contributed by atoms with Gasteiger partial charge < -0.3 is 25.0 Å². The topological polar surface area (TPSA) is 105 Å². The fourth-order valence-corrected chi connectivity index (χ4v) is 4.03. The van der Waals surface area contributed by atoms with Gasteiger partial charge in [0.2, 0.25) is 0 Å². The van der Waals surface area contributed by atoms with E-state index in [1.54, 1.807) is 14.0 Å². The average Bonchev–Trinajstić information content (AvgIpc) is 3.08. The van der Waals surface area contributed by atoms with Crippen LogP contribution in [0.2, 0.25) is 0 Å². The molecule has 0 saturated carbocycles. The first-order valence-corrected chi connectivity index (χ1v) is 9.89. The highest BCUT2D eigenvalue weighted by Crippen LogP contribution is 2.42. The van der Waals surface area contributed by atoms with Gasteiger partial charge in [0.05, 0.1) is 7.11 Å². The summed E-state index contributed by atoms with van der Waals surface area (Å²) in [5.41, 5.74) is 3.39. The van der Waals surface area contributed by atoms with Crippen LogP contribution in [0.15, 0.2) is 48.5 Å². The third-order valence-electron chi connectivity index (χ3n) is 4.41. The lowest BCUT2D eigenvalue weighted by atomic mass is 10.1. The number of anilines is 1. The molecule has 0 aliphatic carbocycles. The van der Waals surface area contributed by atoms with Crippen molar-refractivity contribution in [1.29, 1.82) is 0 Å². The molecule has 3 rings (SSSR count). The van der Waals surface area contributed by atoms with Crippen LogP contribution < -0.4 is 14.8 Å². The van der Waals surface area contributed by atoms with E-state index in [0.29, 0.717) is 12.1 Å². The lowest BCUT2D eigenvalue weighted by molar-refractivity contribution is -0.139. The van der Waals surface area contributed by atoms with Crippen LogP contribution >= 0.6 is 11.3 Å². The number of aromatic carboxylic acids is 1. The van der Waals surface area contributed by atoms with Gasteiger partial charge in [0.25, 0.3) is 0 Å². The molecule has 0 unspecified atom stereocenters. The molecule has 156 valence electrons. The first-order valence-electron chi connectivity index (χ1n) is 9.07. The second-order valence-corrected chi connectivity index (χ2v) is 7.51. The van der Waals surface area contributed by atoms with Gasteiger partial charge in [-0.2, -0.15) is 0 Å². The molecule has 7 nitrogen and oxygen atoms in total. The van der Waals surface area contributed by atoms with Crippen LogP contribution in [-0.4, -0.2) is 35.9 Å². The molecule has 0 radical (unpaired) electrons. The van der Waals surface area contributed by atoms with Gasteiger partial charge in [-0.1, -0.05) is 24.3 Å². The van der Waals surface area contributed by atoms with E-state index in [2.05, 4.69) is 5.32 Å². The minimum atomic E-state index is -1.16. The van der Waals surface area contributed by atoms with Crippen LogP contribution in [0.5, 0.6) is 11.5 Å². The Bertz CT molecular complexity index is 1060. The quantitative estimate of drug-likeness (QED) is 0.461. The normalized spacial score (nSPS) is 10.5. The Morgan fingerprint density at radius 3 is 2.47 bits per heavy atom. The molecule has 1 heterocycles. The van der Waals surface area contributed by atoms with Gasteiger partial charge in [0, 0.05) is 22.7 Å². The largest absolute Gasteiger partial charge is 0.497 e. The maximum Gasteiger partial charge on any atom is 0.349 e. The lowest BCUT2D eigenvalue weighted by Gasteiger charge is -2.09. The minimum Gasteiger partial charge on any atom is -0.497 e. The van der Waals surface area contributed by atoms with E-state index < -0.39 is 18.5 Å². The molecule has 0 bridgehead atoms. The summed E-state index contributed by atoms with van der Waals surface area (Å²) in [5.74, 6) is -1.42. The number of hydrogen-bond acceptors (Lipinski definition) is 6. The Labute approximate surface area is 177 Å². The highest BCUT2D eigenvalue weighted by atomic mass is 32.1. The molecule has 0 spiro atoms. The van der Waals surface area contributed by atoms with Gasteiger partial charge in [0.1, 0.15) is 11.5 Å². The van der Waals surface area contributed by atoms with Gasteiger partial charge >= 0.3 is 11.9 Å². The molecule has 3 N–H and O–H groups in total. The zero-order valence-electron chi connectivity index (χ0n) is 16.5. The zero-order chi connectivity index (χ0) is 21.7. The molecule has 1 aromatic heterocycles. The number of carboxylic acid groups (broad SMARTS) is 2. The number of carboxylic acids is 2. The van der Waals surface area contributed by atoms with Crippen LogP contribution in [-0.2, 0) is 11.3 Å². The highest BCUT2D eigenvalue weighted by Gasteiger charge is 2.23. The number of ether oxygens (including phenoxy) is 2. The van der Waals surface area contributed by atoms with Gasteiger partial charge in [-0.25, -0.2) is 9.59 Å². The Hall–Kier alpha value is -3.52. The first kappa shape index (κ1) is 21.2. The number of benzene rings is 2. The molecule has 2 aromatic carbocycles. The fraction of sp³-hybridized carbons (Fsp3) is 0.182. The van der Waals surface area contributed by atoms with Gasteiger partial charge in [-0.05, 0) is 42.3 Å². The molecule has 0 saturated heterocycles. The second kappa shape index (κ2) is 9.32. The summed E-state index contributed by atoms with van der Waals surface area (Å²) in [6.07, 6.45) is 0. The van der Waals surface area contributed by atoms with E-state index in [1.807, 2.05) is 48.5 Å². The van der Waals surface area contributed by atoms with Crippen molar-refractivity contribution in [2.24, 2.45) is 0 Å². The van der Waals surface area contributed by atoms with E-state index in [9.17, 15) is 14.7 Å². The van der Waals surface area contributed by atoms with Gasteiger partial charge in [-0.15, -0.1) is 11.3 Å². The van der Waals surface area contributed by atoms with Gasteiger partial charge in [0.15, 0.2) is 11.5 Å². The predicted octanol–water partition coefficient (Wildman–Crippen LogP) is 4.51. The van der Waals surface area contributed by atoms with E-state index in [-0.39, 0.29) is 10.6 Å². The van der Waals surface area contributed by atoms with E-state index >= 15 is 0 Å². The SMILES string of the molecule is COc1ccc(CNc2cccc(-c3sc(C(=O)O)c(OCC(=O)O)c3C)c2)cc1. The van der Waals surface area contributed by atoms with Crippen molar-refractivity contribution in [3.8, 4) is 21.9 Å². The molecule has 0 atom stereocenters. The molecular formula is C22H21NO6S. The summed E-state index contributed by atoms with van der Waals surface area (Å²) in [6, 6.07) is 15.4. The molecule has 0 aliphatic rings. The summed E-state index contributed by atoms with van der Waals surface area (Å²) in [4.78, 5) is 23.1. The smallest absolute Gasteiger partial charge is 0.349 e. The van der Waals surface area contributed by atoms with Crippen LogP contribution in [0.4, 0.5) is 5.69 Å². The number of carbonyl (C=O) groups is 2. The third-order valence-corrected chi connectivity index (χ3v) is 5.72. The van der Waals surface area contributed by atoms with Gasteiger partial charge in [-0.3, -0.25) is 0 Å². The van der Waals surface area contributed by atoms with Crippen molar-refractivity contribution >= 4 is 29.0 Å². The van der Waals surface area contributed by atoms with E-state index in [4.69, 9.17) is 14.6 Å². The summed E-state index contributed by atoms with van der Waals surface area (Å²) in [7, 11) is 1.62. The number of hydrogen-bond donors (Lipinski definition) is 3. The minimum absolute atomic E-state index is 0.0136. The molecule has 30 heavy (non-hydrogen) atoms. The first-order chi connectivity index (χ1) is 14.4.